The van der Waals surface area contributed by atoms with Gasteiger partial charge >= 0.3 is 5.97 Å². The van der Waals surface area contributed by atoms with Gasteiger partial charge in [0.2, 0.25) is 0 Å². The fourth-order valence-electron chi connectivity index (χ4n) is 2.38. The van der Waals surface area contributed by atoms with Crippen molar-refractivity contribution in [3.63, 3.8) is 0 Å². The number of rotatable bonds is 4. The molecule has 0 aromatic heterocycles. The first kappa shape index (κ1) is 15.7. The lowest BCUT2D eigenvalue weighted by atomic mass is 10.0. The molecular formula is C19H15NO4. The molecule has 2 aromatic carbocycles. The number of hydrogen-bond acceptors (Lipinski definition) is 4. The predicted octanol–water partition coefficient (Wildman–Crippen LogP) is 2.83. The molecule has 2 amide bonds. The van der Waals surface area contributed by atoms with E-state index in [0.717, 1.165) is 5.56 Å². The van der Waals surface area contributed by atoms with Gasteiger partial charge in [-0.1, -0.05) is 60.7 Å². The fourth-order valence-corrected chi connectivity index (χ4v) is 2.38. The van der Waals surface area contributed by atoms with Gasteiger partial charge < -0.3 is 4.84 Å². The van der Waals surface area contributed by atoms with Crippen molar-refractivity contribution in [2.75, 3.05) is 0 Å². The minimum atomic E-state index is -0.742. The molecule has 0 radical (unpaired) electrons. The van der Waals surface area contributed by atoms with E-state index in [0.29, 0.717) is 10.6 Å². The molecule has 0 N–H and O–H groups in total. The van der Waals surface area contributed by atoms with Gasteiger partial charge in [-0.3, -0.25) is 9.59 Å². The van der Waals surface area contributed by atoms with Crippen molar-refractivity contribution in [2.24, 2.45) is 0 Å². The maximum Gasteiger partial charge on any atom is 0.364 e. The third kappa shape index (κ3) is 3.41. The molecule has 0 atom stereocenters. The number of carbonyl (C=O) groups is 3. The highest BCUT2D eigenvalue weighted by Crippen LogP contribution is 2.22. The topological polar surface area (TPSA) is 63.7 Å². The highest BCUT2D eigenvalue weighted by Gasteiger charge is 2.33. The van der Waals surface area contributed by atoms with Crippen LogP contribution in [0.1, 0.15) is 24.0 Å². The molecule has 0 saturated carbocycles. The highest BCUT2D eigenvalue weighted by atomic mass is 16.7. The van der Waals surface area contributed by atoms with E-state index in [-0.39, 0.29) is 18.4 Å². The summed E-state index contributed by atoms with van der Waals surface area (Å²) < 4.78 is 0. The molecule has 1 fully saturated rings. The summed E-state index contributed by atoms with van der Waals surface area (Å²) in [5.74, 6) is -1.74. The molecule has 120 valence electrons. The normalized spacial score (nSPS) is 14.8. The van der Waals surface area contributed by atoms with Crippen LogP contribution in [0.3, 0.4) is 0 Å². The number of hydrogen-bond donors (Lipinski definition) is 0. The smallest absolute Gasteiger partial charge is 0.325 e. The molecule has 24 heavy (non-hydrogen) atoms. The Kier molecular flexibility index (Phi) is 4.52. The van der Waals surface area contributed by atoms with Crippen LogP contribution in [0.2, 0.25) is 0 Å². The van der Waals surface area contributed by atoms with Gasteiger partial charge in [0, 0.05) is 12.8 Å². The number of imide groups is 1. The number of carbonyl (C=O) groups excluding carboxylic acids is 3. The quantitative estimate of drug-likeness (QED) is 0.493. The summed E-state index contributed by atoms with van der Waals surface area (Å²) in [4.78, 5) is 40.9. The molecule has 5 nitrogen and oxygen atoms in total. The van der Waals surface area contributed by atoms with E-state index >= 15 is 0 Å². The molecule has 1 heterocycles. The molecule has 3 rings (SSSR count). The van der Waals surface area contributed by atoms with Crippen LogP contribution in [0, 0.1) is 0 Å². The highest BCUT2D eigenvalue weighted by molar-refractivity contribution is 6.22. The Morgan fingerprint density at radius 2 is 1.42 bits per heavy atom. The third-order valence-corrected chi connectivity index (χ3v) is 3.60. The van der Waals surface area contributed by atoms with E-state index in [9.17, 15) is 14.4 Å². The lowest BCUT2D eigenvalue weighted by Crippen LogP contribution is -2.32. The SMILES string of the molecule is O=C(ON1C(=O)CCC1=O)/C(=C/c1ccccc1)c1ccccc1. The van der Waals surface area contributed by atoms with E-state index in [4.69, 9.17) is 4.84 Å². The van der Waals surface area contributed by atoms with Gasteiger partial charge in [0.1, 0.15) is 0 Å². The zero-order valence-electron chi connectivity index (χ0n) is 12.8. The van der Waals surface area contributed by atoms with Crippen LogP contribution < -0.4 is 0 Å². The number of hydroxylamine groups is 2. The molecule has 0 bridgehead atoms. The molecule has 5 heteroatoms. The van der Waals surface area contributed by atoms with Crippen LogP contribution in [0.4, 0.5) is 0 Å². The van der Waals surface area contributed by atoms with Crippen molar-refractivity contribution < 1.29 is 19.2 Å². The number of benzene rings is 2. The molecule has 2 aromatic rings. The van der Waals surface area contributed by atoms with Gasteiger partial charge in [-0.15, -0.1) is 5.06 Å². The Labute approximate surface area is 139 Å². The second-order valence-corrected chi connectivity index (χ2v) is 5.30. The van der Waals surface area contributed by atoms with E-state index < -0.39 is 17.8 Å². The third-order valence-electron chi connectivity index (χ3n) is 3.60. The molecule has 1 aliphatic rings. The Morgan fingerprint density at radius 3 is 2.00 bits per heavy atom. The maximum atomic E-state index is 12.6. The first-order valence-corrected chi connectivity index (χ1v) is 7.55. The van der Waals surface area contributed by atoms with Gasteiger partial charge in [-0.25, -0.2) is 4.79 Å². The van der Waals surface area contributed by atoms with Crippen molar-refractivity contribution in [2.45, 2.75) is 12.8 Å². The molecular weight excluding hydrogens is 306 g/mol. The van der Waals surface area contributed by atoms with Gasteiger partial charge in [0.25, 0.3) is 11.8 Å². The average Bonchev–Trinajstić information content (AvgIpc) is 2.93. The molecule has 1 saturated heterocycles. The van der Waals surface area contributed by atoms with Crippen molar-refractivity contribution in [1.29, 1.82) is 0 Å². The van der Waals surface area contributed by atoms with Crippen LogP contribution in [-0.2, 0) is 19.2 Å². The summed E-state index contributed by atoms with van der Waals surface area (Å²) >= 11 is 0. The van der Waals surface area contributed by atoms with Crippen LogP contribution in [0.5, 0.6) is 0 Å². The van der Waals surface area contributed by atoms with Crippen molar-refractivity contribution in [3.05, 3.63) is 71.8 Å². The van der Waals surface area contributed by atoms with Gasteiger partial charge in [0.15, 0.2) is 0 Å². The second-order valence-electron chi connectivity index (χ2n) is 5.30. The Morgan fingerprint density at radius 1 is 0.875 bits per heavy atom. The summed E-state index contributed by atoms with van der Waals surface area (Å²) in [6.07, 6.45) is 1.80. The van der Waals surface area contributed by atoms with Gasteiger partial charge in [-0.2, -0.15) is 0 Å². The summed E-state index contributed by atoms with van der Waals surface area (Å²) in [6.45, 7) is 0. The number of amides is 2. The first-order valence-electron chi connectivity index (χ1n) is 7.55. The Bertz CT molecular complexity index is 781. The Balaban J connectivity index is 1.93. The maximum absolute atomic E-state index is 12.6. The van der Waals surface area contributed by atoms with Crippen LogP contribution in [0.15, 0.2) is 60.7 Å². The number of nitrogens with zero attached hydrogens (tertiary/aromatic N) is 1. The van der Waals surface area contributed by atoms with E-state index in [1.807, 2.05) is 36.4 Å². The largest absolute Gasteiger partial charge is 0.364 e. The fraction of sp³-hybridized carbons (Fsp3) is 0.105. The average molecular weight is 321 g/mol. The lowest BCUT2D eigenvalue weighted by Gasteiger charge is -2.14. The van der Waals surface area contributed by atoms with Gasteiger partial charge in [-0.05, 0) is 17.2 Å². The van der Waals surface area contributed by atoms with Crippen LogP contribution in [0.25, 0.3) is 11.6 Å². The summed E-state index contributed by atoms with van der Waals surface area (Å²) in [5, 5.41) is 0.560. The minimum absolute atomic E-state index is 0.0647. The summed E-state index contributed by atoms with van der Waals surface area (Å²) in [6, 6.07) is 18.3. The van der Waals surface area contributed by atoms with Gasteiger partial charge in [0.05, 0.1) is 5.57 Å². The first-order chi connectivity index (χ1) is 11.6. The predicted molar refractivity (Wildman–Crippen MR) is 87.9 cm³/mol. The zero-order valence-corrected chi connectivity index (χ0v) is 12.8. The van der Waals surface area contributed by atoms with E-state index in [1.54, 1.807) is 30.3 Å². The van der Waals surface area contributed by atoms with E-state index in [2.05, 4.69) is 0 Å². The molecule has 0 spiro atoms. The minimum Gasteiger partial charge on any atom is -0.325 e. The zero-order chi connectivity index (χ0) is 16.9. The molecule has 0 aliphatic carbocycles. The molecule has 1 aliphatic heterocycles. The van der Waals surface area contributed by atoms with Crippen molar-refractivity contribution in [3.8, 4) is 0 Å². The molecule has 0 unspecified atom stereocenters. The lowest BCUT2D eigenvalue weighted by molar-refractivity contribution is -0.192. The Hall–Kier alpha value is -3.21. The van der Waals surface area contributed by atoms with Crippen molar-refractivity contribution in [1.82, 2.24) is 5.06 Å². The van der Waals surface area contributed by atoms with E-state index in [1.165, 1.54) is 0 Å². The summed E-state index contributed by atoms with van der Waals surface area (Å²) in [5.41, 5.74) is 1.73. The van der Waals surface area contributed by atoms with Crippen LogP contribution in [-0.4, -0.2) is 22.8 Å². The van der Waals surface area contributed by atoms with Crippen LogP contribution >= 0.6 is 0 Å². The van der Waals surface area contributed by atoms with Crippen molar-refractivity contribution >= 4 is 29.4 Å². The standard InChI is InChI=1S/C19H15NO4/c21-17-11-12-18(22)20(17)24-19(23)16(15-9-5-2-6-10-15)13-14-7-3-1-4-8-14/h1-10,13H,11-12H2/b16-13+. The summed E-state index contributed by atoms with van der Waals surface area (Å²) in [7, 11) is 0. The second kappa shape index (κ2) is 6.91. The monoisotopic (exact) mass is 321 g/mol.